The Morgan fingerprint density at radius 2 is 1.51 bits per heavy atom. The molecule has 2 rings (SSSR count). The third-order valence-corrected chi connectivity index (χ3v) is 6.84. The van der Waals surface area contributed by atoms with E-state index in [0.717, 1.165) is 11.1 Å². The van der Waals surface area contributed by atoms with Crippen molar-refractivity contribution in [3.63, 3.8) is 0 Å². The van der Waals surface area contributed by atoms with E-state index in [4.69, 9.17) is 10.6 Å². The Labute approximate surface area is 231 Å². The van der Waals surface area contributed by atoms with Crippen LogP contribution in [0.4, 0.5) is 0 Å². The minimum absolute atomic E-state index is 0.00185. The van der Waals surface area contributed by atoms with Crippen molar-refractivity contribution in [3.8, 4) is 0 Å². The first-order chi connectivity index (χ1) is 18.5. The first-order valence-corrected chi connectivity index (χ1v) is 13.4. The number of hydroxylamine groups is 1. The second-order valence-electron chi connectivity index (χ2n) is 10.9. The highest BCUT2D eigenvalue weighted by molar-refractivity contribution is 5.98. The largest absolute Gasteiger partial charge is 0.366 e. The molecule has 0 bridgehead atoms. The molecule has 0 saturated heterocycles. The van der Waals surface area contributed by atoms with Crippen LogP contribution in [0.25, 0.3) is 6.08 Å². The molecule has 0 aromatic heterocycles. The van der Waals surface area contributed by atoms with Crippen molar-refractivity contribution < 1.29 is 24.3 Å². The monoisotopic (exact) mass is 537 g/mol. The Kier molecular flexibility index (Phi) is 12.5. The number of hydrogen-bond donors (Lipinski definition) is 4. The van der Waals surface area contributed by atoms with Gasteiger partial charge in [-0.05, 0) is 42.7 Å². The smallest absolute Gasteiger partial charge is 0.248 e. The quantitative estimate of drug-likeness (QED) is 0.113. The Balaban J connectivity index is 2.73. The average molecular weight is 538 g/mol. The van der Waals surface area contributed by atoms with E-state index in [1.807, 2.05) is 88.4 Å². The molecule has 0 heterocycles. The van der Waals surface area contributed by atoms with Crippen molar-refractivity contribution in [2.75, 3.05) is 0 Å². The number of nitrogens with one attached hydrogen (secondary N) is 2. The molecule has 8 heteroatoms. The van der Waals surface area contributed by atoms with Gasteiger partial charge in [-0.15, -0.1) is 0 Å². The van der Waals surface area contributed by atoms with E-state index in [2.05, 4.69) is 5.43 Å². The third-order valence-electron chi connectivity index (χ3n) is 6.84. The first kappa shape index (κ1) is 31.9. The van der Waals surface area contributed by atoms with Gasteiger partial charge in [-0.3, -0.25) is 25.0 Å². The molecular weight excluding hydrogens is 494 g/mol. The van der Waals surface area contributed by atoms with Crippen molar-refractivity contribution in [3.05, 3.63) is 77.9 Å². The number of hydrazine groups is 1. The molecular formula is C31H43N3O5. The van der Waals surface area contributed by atoms with Gasteiger partial charge in [0, 0.05) is 0 Å². The maximum absolute atomic E-state index is 14.5. The lowest BCUT2D eigenvalue weighted by atomic mass is 9.60. The van der Waals surface area contributed by atoms with E-state index in [1.54, 1.807) is 24.6 Å². The predicted molar refractivity (Wildman–Crippen MR) is 152 cm³/mol. The van der Waals surface area contributed by atoms with Crippen molar-refractivity contribution in [2.24, 2.45) is 34.9 Å². The third kappa shape index (κ3) is 8.85. The standard InChI is InChI=1S/C31H43N3O5/c1-21(2)18-26(29(36)33-32)27(30(37)34-38)31(19-22(3)4,17-16-24-12-8-6-9-13-24)28(35)23(5)39-20-25-14-10-7-11-15-25/h6-17,21-23,26-27,38H,18-20,32H2,1-5H3,(H,33,36)(H,34,37)/b17-16+/t23-,26-,27-,31?/m1/s1. The number of allylic oxidation sites excluding steroid dienone is 1. The fourth-order valence-corrected chi connectivity index (χ4v) is 5.22. The summed E-state index contributed by atoms with van der Waals surface area (Å²) in [7, 11) is 0. The SMILES string of the molecule is CC(C)C[C@@H](C(=O)NN)[C@H](C(=O)NO)C(/C=C/c1ccccc1)(CC(C)C)C(=O)[C@@H](C)OCc1ccccc1. The normalized spacial score (nSPS) is 15.5. The molecule has 2 amide bonds. The van der Waals surface area contributed by atoms with Crippen LogP contribution in [0.5, 0.6) is 0 Å². The summed E-state index contributed by atoms with van der Waals surface area (Å²) in [5, 5.41) is 9.87. The predicted octanol–water partition coefficient (Wildman–Crippen LogP) is 4.68. The summed E-state index contributed by atoms with van der Waals surface area (Å²) in [6, 6.07) is 18.9. The number of carbonyl (C=O) groups is 3. The van der Waals surface area contributed by atoms with Gasteiger partial charge in [0.15, 0.2) is 5.78 Å². The van der Waals surface area contributed by atoms with Crippen LogP contribution < -0.4 is 16.7 Å². The molecule has 0 aliphatic carbocycles. The molecule has 4 atom stereocenters. The number of hydrogen-bond acceptors (Lipinski definition) is 6. The summed E-state index contributed by atoms with van der Waals surface area (Å²) in [6.07, 6.45) is 3.09. The average Bonchev–Trinajstić information content (AvgIpc) is 2.93. The fraction of sp³-hybridized carbons (Fsp3) is 0.452. The summed E-state index contributed by atoms with van der Waals surface area (Å²) in [5.74, 6) is 1.50. The van der Waals surface area contributed by atoms with Crippen LogP contribution in [0.3, 0.4) is 0 Å². The van der Waals surface area contributed by atoms with E-state index in [0.29, 0.717) is 0 Å². The van der Waals surface area contributed by atoms with E-state index >= 15 is 0 Å². The van der Waals surface area contributed by atoms with Crippen LogP contribution in [0.15, 0.2) is 66.7 Å². The summed E-state index contributed by atoms with van der Waals surface area (Å²) < 4.78 is 6.04. The van der Waals surface area contributed by atoms with E-state index < -0.39 is 35.2 Å². The Morgan fingerprint density at radius 3 is 2.03 bits per heavy atom. The van der Waals surface area contributed by atoms with Gasteiger partial charge in [0.2, 0.25) is 11.8 Å². The molecule has 2 aromatic rings. The summed E-state index contributed by atoms with van der Waals surface area (Å²) in [6.45, 7) is 9.59. The Morgan fingerprint density at radius 1 is 0.923 bits per heavy atom. The van der Waals surface area contributed by atoms with Crippen molar-refractivity contribution in [2.45, 2.75) is 60.2 Å². The molecule has 0 radical (unpaired) electrons. The van der Waals surface area contributed by atoms with E-state index in [-0.39, 0.29) is 37.1 Å². The lowest BCUT2D eigenvalue weighted by Gasteiger charge is -2.42. The first-order valence-electron chi connectivity index (χ1n) is 13.4. The van der Waals surface area contributed by atoms with Crippen LogP contribution in [-0.4, -0.2) is 28.9 Å². The highest BCUT2D eigenvalue weighted by Gasteiger charge is 2.53. The summed E-state index contributed by atoms with van der Waals surface area (Å²) in [5.41, 5.74) is 4.14. The minimum Gasteiger partial charge on any atom is -0.366 e. The van der Waals surface area contributed by atoms with Crippen LogP contribution in [0, 0.1) is 29.1 Å². The molecule has 39 heavy (non-hydrogen) atoms. The summed E-state index contributed by atoms with van der Waals surface area (Å²) >= 11 is 0. The number of rotatable bonds is 15. The number of carbonyl (C=O) groups excluding carboxylic acids is 3. The van der Waals surface area contributed by atoms with Gasteiger partial charge < -0.3 is 4.74 Å². The number of ketones is 1. The summed E-state index contributed by atoms with van der Waals surface area (Å²) in [4.78, 5) is 41.2. The second kappa shape index (κ2) is 15.3. The second-order valence-corrected chi connectivity index (χ2v) is 10.9. The Bertz CT molecular complexity index is 1090. The molecule has 8 nitrogen and oxygen atoms in total. The minimum atomic E-state index is -1.50. The van der Waals surface area contributed by atoms with Crippen molar-refractivity contribution in [1.82, 2.24) is 10.9 Å². The van der Waals surface area contributed by atoms with Crippen LogP contribution in [-0.2, 0) is 25.7 Å². The highest BCUT2D eigenvalue weighted by atomic mass is 16.5. The zero-order valence-corrected chi connectivity index (χ0v) is 23.6. The van der Waals surface area contributed by atoms with Crippen LogP contribution >= 0.6 is 0 Å². The molecule has 1 unspecified atom stereocenters. The molecule has 5 N–H and O–H groups in total. The van der Waals surface area contributed by atoms with Gasteiger partial charge in [-0.1, -0.05) is 101 Å². The highest BCUT2D eigenvalue weighted by Crippen LogP contribution is 2.45. The van der Waals surface area contributed by atoms with E-state index in [1.165, 1.54) is 0 Å². The maximum atomic E-state index is 14.5. The number of ether oxygens (including phenoxy) is 1. The number of benzene rings is 2. The molecule has 212 valence electrons. The molecule has 0 aliphatic heterocycles. The van der Waals surface area contributed by atoms with Gasteiger partial charge in [-0.25, -0.2) is 11.3 Å². The van der Waals surface area contributed by atoms with Gasteiger partial charge in [0.05, 0.1) is 23.9 Å². The lowest BCUT2D eigenvalue weighted by Crippen LogP contribution is -2.55. The topological polar surface area (TPSA) is 131 Å². The van der Waals surface area contributed by atoms with Crippen LogP contribution in [0.1, 0.15) is 58.6 Å². The van der Waals surface area contributed by atoms with E-state index in [9.17, 15) is 19.6 Å². The number of nitrogens with two attached hydrogens (primary N) is 1. The van der Waals surface area contributed by atoms with Gasteiger partial charge in [0.1, 0.15) is 6.10 Å². The zero-order valence-electron chi connectivity index (χ0n) is 23.6. The van der Waals surface area contributed by atoms with Gasteiger partial charge >= 0.3 is 0 Å². The van der Waals surface area contributed by atoms with Crippen molar-refractivity contribution in [1.29, 1.82) is 0 Å². The molecule has 2 aromatic carbocycles. The van der Waals surface area contributed by atoms with Crippen molar-refractivity contribution >= 4 is 23.7 Å². The number of amides is 2. The zero-order chi connectivity index (χ0) is 29.0. The molecule has 0 saturated carbocycles. The number of Topliss-reactive ketones (excluding diaryl/α,β-unsaturated/α-hetero) is 1. The van der Waals surface area contributed by atoms with Gasteiger partial charge in [-0.2, -0.15) is 0 Å². The Hall–Kier alpha value is -3.33. The molecule has 0 aliphatic rings. The molecule has 0 spiro atoms. The molecule has 0 fully saturated rings. The van der Waals surface area contributed by atoms with Gasteiger partial charge in [0.25, 0.3) is 0 Å². The maximum Gasteiger partial charge on any atom is 0.248 e. The lowest BCUT2D eigenvalue weighted by molar-refractivity contribution is -0.155. The van der Waals surface area contributed by atoms with Crippen LogP contribution in [0.2, 0.25) is 0 Å². The fourth-order valence-electron chi connectivity index (χ4n) is 5.22.